The summed E-state index contributed by atoms with van der Waals surface area (Å²) in [7, 11) is 1.61. The molecule has 0 saturated carbocycles. The monoisotopic (exact) mass is 314 g/mol. The summed E-state index contributed by atoms with van der Waals surface area (Å²) in [6, 6.07) is 7.52. The Morgan fingerprint density at radius 3 is 2.65 bits per heavy atom. The van der Waals surface area contributed by atoms with Crippen molar-refractivity contribution in [2.75, 3.05) is 19.0 Å². The van der Waals surface area contributed by atoms with E-state index in [9.17, 15) is 4.79 Å². The van der Waals surface area contributed by atoms with E-state index in [2.05, 4.69) is 34.4 Å². The minimum absolute atomic E-state index is 0.206. The summed E-state index contributed by atoms with van der Waals surface area (Å²) < 4.78 is 5.27. The minimum atomic E-state index is -0.206. The molecular weight excluding hydrogens is 292 g/mol. The van der Waals surface area contributed by atoms with Gasteiger partial charge in [0.1, 0.15) is 17.3 Å². The number of carbonyl (C=O) groups is 1. The normalized spacial score (nSPS) is 10.4. The number of para-hydroxylation sites is 2. The maximum absolute atomic E-state index is 11.9. The average Bonchev–Trinajstić information content (AvgIpc) is 2.55. The van der Waals surface area contributed by atoms with Crippen LogP contribution in [0.2, 0.25) is 0 Å². The topological polar surface area (TPSA) is 76.1 Å². The zero-order chi connectivity index (χ0) is 16.7. The van der Waals surface area contributed by atoms with Gasteiger partial charge in [-0.25, -0.2) is 9.97 Å². The molecule has 0 saturated heterocycles. The van der Waals surface area contributed by atoms with E-state index in [1.165, 1.54) is 12.4 Å². The summed E-state index contributed by atoms with van der Waals surface area (Å²) in [5.41, 5.74) is 1.10. The summed E-state index contributed by atoms with van der Waals surface area (Å²) in [5.74, 6) is 1.61. The summed E-state index contributed by atoms with van der Waals surface area (Å²) in [5, 5.41) is 5.95. The first kappa shape index (κ1) is 16.7. The highest BCUT2D eigenvalue weighted by Gasteiger charge is 2.09. The summed E-state index contributed by atoms with van der Waals surface area (Å²) in [6.45, 7) is 4.87. The number of rotatable bonds is 7. The van der Waals surface area contributed by atoms with Crippen LogP contribution in [-0.2, 0) is 0 Å². The Morgan fingerprint density at radius 2 is 2.00 bits per heavy atom. The van der Waals surface area contributed by atoms with Crippen LogP contribution in [-0.4, -0.2) is 29.5 Å². The van der Waals surface area contributed by atoms with Crippen molar-refractivity contribution in [3.63, 3.8) is 0 Å². The Balaban J connectivity index is 1.98. The zero-order valence-electron chi connectivity index (χ0n) is 13.7. The Bertz CT molecular complexity index is 641. The number of nitrogens with zero attached hydrogens (tertiary/aromatic N) is 2. The summed E-state index contributed by atoms with van der Waals surface area (Å²) in [6.07, 6.45) is 3.93. The van der Waals surface area contributed by atoms with Crippen molar-refractivity contribution in [3.05, 3.63) is 42.4 Å². The van der Waals surface area contributed by atoms with Crippen molar-refractivity contribution in [2.45, 2.75) is 20.3 Å². The van der Waals surface area contributed by atoms with Crippen LogP contribution in [0.15, 0.2) is 36.7 Å². The van der Waals surface area contributed by atoms with E-state index in [1.807, 2.05) is 24.3 Å². The van der Waals surface area contributed by atoms with Crippen molar-refractivity contribution in [2.24, 2.45) is 5.92 Å². The molecule has 1 aromatic carbocycles. The van der Waals surface area contributed by atoms with Gasteiger partial charge in [-0.05, 0) is 24.5 Å². The fourth-order valence-corrected chi connectivity index (χ4v) is 1.96. The van der Waals surface area contributed by atoms with Gasteiger partial charge in [0.25, 0.3) is 5.91 Å². The number of hydrogen-bond acceptors (Lipinski definition) is 5. The molecule has 0 fully saturated rings. The van der Waals surface area contributed by atoms with Gasteiger partial charge in [-0.1, -0.05) is 26.0 Å². The van der Waals surface area contributed by atoms with Crippen LogP contribution in [0.5, 0.6) is 5.75 Å². The third kappa shape index (κ3) is 4.95. The Morgan fingerprint density at radius 1 is 1.22 bits per heavy atom. The van der Waals surface area contributed by atoms with Crippen molar-refractivity contribution < 1.29 is 9.53 Å². The SMILES string of the molecule is COc1ccccc1Nc1cnc(C(=O)NCCC(C)C)cn1. The fraction of sp³-hybridized carbons (Fsp3) is 0.353. The lowest BCUT2D eigenvalue weighted by Gasteiger charge is -2.10. The van der Waals surface area contributed by atoms with E-state index >= 15 is 0 Å². The minimum Gasteiger partial charge on any atom is -0.495 e. The van der Waals surface area contributed by atoms with Crippen molar-refractivity contribution in [1.29, 1.82) is 0 Å². The molecule has 0 radical (unpaired) electrons. The van der Waals surface area contributed by atoms with Gasteiger partial charge in [0.2, 0.25) is 0 Å². The first-order valence-electron chi connectivity index (χ1n) is 7.60. The standard InChI is InChI=1S/C17H22N4O2/c1-12(2)8-9-18-17(22)14-10-20-16(11-19-14)21-13-6-4-5-7-15(13)23-3/h4-7,10-12H,8-9H2,1-3H3,(H,18,22)(H,20,21). The Kier molecular flexibility index (Phi) is 5.91. The van der Waals surface area contributed by atoms with Crippen LogP contribution in [0.25, 0.3) is 0 Å². The number of anilines is 2. The van der Waals surface area contributed by atoms with Gasteiger partial charge in [0.05, 0.1) is 25.2 Å². The molecule has 2 N–H and O–H groups in total. The van der Waals surface area contributed by atoms with Crippen LogP contribution < -0.4 is 15.4 Å². The summed E-state index contributed by atoms with van der Waals surface area (Å²) >= 11 is 0. The zero-order valence-corrected chi connectivity index (χ0v) is 13.7. The van der Waals surface area contributed by atoms with E-state index in [0.717, 1.165) is 12.1 Å². The highest BCUT2D eigenvalue weighted by atomic mass is 16.5. The van der Waals surface area contributed by atoms with Gasteiger partial charge in [-0.15, -0.1) is 0 Å². The lowest BCUT2D eigenvalue weighted by Crippen LogP contribution is -2.26. The van der Waals surface area contributed by atoms with Gasteiger partial charge >= 0.3 is 0 Å². The maximum Gasteiger partial charge on any atom is 0.271 e. The van der Waals surface area contributed by atoms with Crippen LogP contribution >= 0.6 is 0 Å². The quantitative estimate of drug-likeness (QED) is 0.821. The van der Waals surface area contributed by atoms with Crippen LogP contribution in [0.3, 0.4) is 0 Å². The molecule has 6 nitrogen and oxygen atoms in total. The predicted molar refractivity (Wildman–Crippen MR) is 90.1 cm³/mol. The number of aromatic nitrogens is 2. The number of carbonyl (C=O) groups excluding carboxylic acids is 1. The van der Waals surface area contributed by atoms with Crippen LogP contribution in [0, 0.1) is 5.92 Å². The van der Waals surface area contributed by atoms with Crippen molar-refractivity contribution in [3.8, 4) is 5.75 Å². The molecule has 1 aromatic heterocycles. The molecule has 122 valence electrons. The Hall–Kier alpha value is -2.63. The molecule has 1 amide bonds. The number of amides is 1. The first-order valence-corrected chi connectivity index (χ1v) is 7.60. The molecule has 0 spiro atoms. The second-order valence-corrected chi connectivity index (χ2v) is 5.55. The molecule has 0 atom stereocenters. The molecule has 0 unspecified atom stereocenters. The maximum atomic E-state index is 11.9. The number of ether oxygens (including phenoxy) is 1. The van der Waals surface area contributed by atoms with E-state index in [1.54, 1.807) is 7.11 Å². The van der Waals surface area contributed by atoms with Crippen LogP contribution in [0.4, 0.5) is 11.5 Å². The van der Waals surface area contributed by atoms with Gasteiger partial charge in [-0.3, -0.25) is 4.79 Å². The van der Waals surface area contributed by atoms with E-state index in [0.29, 0.717) is 29.7 Å². The number of nitrogens with one attached hydrogen (secondary N) is 2. The second kappa shape index (κ2) is 8.12. The third-order valence-electron chi connectivity index (χ3n) is 3.26. The molecular formula is C17H22N4O2. The largest absolute Gasteiger partial charge is 0.495 e. The average molecular weight is 314 g/mol. The number of methoxy groups -OCH3 is 1. The number of benzene rings is 1. The predicted octanol–water partition coefficient (Wildman–Crippen LogP) is 3.00. The van der Waals surface area contributed by atoms with E-state index < -0.39 is 0 Å². The lowest BCUT2D eigenvalue weighted by atomic mass is 10.1. The van der Waals surface area contributed by atoms with E-state index in [-0.39, 0.29) is 5.91 Å². The molecule has 2 aromatic rings. The lowest BCUT2D eigenvalue weighted by molar-refractivity contribution is 0.0946. The highest BCUT2D eigenvalue weighted by Crippen LogP contribution is 2.25. The van der Waals surface area contributed by atoms with Gasteiger partial charge in [0, 0.05) is 6.54 Å². The van der Waals surface area contributed by atoms with Gasteiger partial charge in [-0.2, -0.15) is 0 Å². The highest BCUT2D eigenvalue weighted by molar-refractivity contribution is 5.92. The molecule has 1 heterocycles. The Labute approximate surface area is 136 Å². The molecule has 0 aliphatic rings. The van der Waals surface area contributed by atoms with Gasteiger partial charge in [0.15, 0.2) is 0 Å². The van der Waals surface area contributed by atoms with E-state index in [4.69, 9.17) is 4.74 Å². The molecule has 2 rings (SSSR count). The smallest absolute Gasteiger partial charge is 0.271 e. The molecule has 0 aliphatic heterocycles. The second-order valence-electron chi connectivity index (χ2n) is 5.55. The molecule has 23 heavy (non-hydrogen) atoms. The molecule has 0 bridgehead atoms. The van der Waals surface area contributed by atoms with Crippen LogP contribution in [0.1, 0.15) is 30.8 Å². The van der Waals surface area contributed by atoms with Crippen molar-refractivity contribution in [1.82, 2.24) is 15.3 Å². The molecule has 6 heteroatoms. The summed E-state index contributed by atoms with van der Waals surface area (Å²) in [4.78, 5) is 20.3. The van der Waals surface area contributed by atoms with Crippen molar-refractivity contribution >= 4 is 17.4 Å². The fourth-order valence-electron chi connectivity index (χ4n) is 1.96. The van der Waals surface area contributed by atoms with Gasteiger partial charge < -0.3 is 15.4 Å². The first-order chi connectivity index (χ1) is 11.1. The third-order valence-corrected chi connectivity index (χ3v) is 3.26. The number of hydrogen-bond donors (Lipinski definition) is 2. The molecule has 0 aliphatic carbocycles.